The molecule has 0 spiro atoms. The van der Waals surface area contributed by atoms with Gasteiger partial charge in [-0.15, -0.1) is 0 Å². The molecule has 3 aromatic carbocycles. The second-order valence-corrected chi connectivity index (χ2v) is 7.25. The Morgan fingerprint density at radius 3 is 2.57 bits per heavy atom. The lowest BCUT2D eigenvalue weighted by Gasteiger charge is -2.21. The van der Waals surface area contributed by atoms with E-state index in [1.165, 1.54) is 0 Å². The number of benzene rings is 3. The predicted molar refractivity (Wildman–Crippen MR) is 114 cm³/mol. The monoisotopic (exact) mass is 402 g/mol. The summed E-state index contributed by atoms with van der Waals surface area (Å²) in [5.74, 6) is -1.29. The van der Waals surface area contributed by atoms with Crippen molar-refractivity contribution in [2.45, 2.75) is 19.4 Å². The Hall–Kier alpha value is -3.67. The van der Waals surface area contributed by atoms with Crippen LogP contribution in [0.2, 0.25) is 0 Å². The summed E-state index contributed by atoms with van der Waals surface area (Å²) in [6, 6.07) is 20.7. The number of amides is 2. The van der Waals surface area contributed by atoms with Crippen LogP contribution in [-0.2, 0) is 20.7 Å². The first-order chi connectivity index (χ1) is 14.5. The zero-order valence-corrected chi connectivity index (χ0v) is 16.6. The molecule has 1 N–H and O–H groups in total. The van der Waals surface area contributed by atoms with Gasteiger partial charge in [-0.3, -0.25) is 14.4 Å². The molecule has 0 saturated carbocycles. The summed E-state index contributed by atoms with van der Waals surface area (Å²) >= 11 is 0. The van der Waals surface area contributed by atoms with E-state index in [2.05, 4.69) is 5.32 Å². The molecular weight excluding hydrogens is 380 g/mol. The predicted octanol–water partition coefficient (Wildman–Crippen LogP) is 3.09. The molecule has 0 radical (unpaired) electrons. The van der Waals surface area contributed by atoms with E-state index >= 15 is 0 Å². The summed E-state index contributed by atoms with van der Waals surface area (Å²) in [5, 5.41) is 4.53. The molecule has 2 amide bonds. The molecule has 0 unspecified atom stereocenters. The van der Waals surface area contributed by atoms with Crippen LogP contribution in [0.15, 0.2) is 66.7 Å². The highest BCUT2D eigenvalue weighted by Gasteiger charge is 2.29. The fourth-order valence-corrected chi connectivity index (χ4v) is 3.66. The first-order valence-corrected chi connectivity index (χ1v) is 9.89. The van der Waals surface area contributed by atoms with Crippen LogP contribution in [-0.4, -0.2) is 37.0 Å². The lowest BCUT2D eigenvalue weighted by atomic mass is 10.1. The van der Waals surface area contributed by atoms with Crippen LogP contribution in [0.3, 0.4) is 0 Å². The Labute approximate surface area is 174 Å². The number of hydrogen-bond acceptors (Lipinski definition) is 4. The van der Waals surface area contributed by atoms with Gasteiger partial charge in [-0.05, 0) is 47.9 Å². The summed E-state index contributed by atoms with van der Waals surface area (Å²) in [4.78, 5) is 38.9. The lowest BCUT2D eigenvalue weighted by Crippen LogP contribution is -2.41. The molecule has 0 bridgehead atoms. The van der Waals surface area contributed by atoms with E-state index in [9.17, 15) is 14.4 Å². The highest BCUT2D eigenvalue weighted by molar-refractivity contribution is 6.01. The lowest BCUT2D eigenvalue weighted by molar-refractivity contribution is -0.152. The molecule has 30 heavy (non-hydrogen) atoms. The second-order valence-electron chi connectivity index (χ2n) is 7.25. The van der Waals surface area contributed by atoms with Gasteiger partial charge in [0.1, 0.15) is 6.54 Å². The number of nitrogens with one attached hydrogen (secondary N) is 1. The molecule has 6 nitrogen and oxygen atoms in total. The van der Waals surface area contributed by atoms with Gasteiger partial charge < -0.3 is 15.0 Å². The molecule has 0 saturated heterocycles. The Morgan fingerprint density at radius 1 is 1.00 bits per heavy atom. The van der Waals surface area contributed by atoms with Crippen molar-refractivity contribution >= 4 is 34.2 Å². The van der Waals surface area contributed by atoms with Crippen molar-refractivity contribution in [2.75, 3.05) is 18.0 Å². The zero-order valence-electron chi connectivity index (χ0n) is 16.6. The molecular formula is C24H22N2O4. The molecule has 3 aromatic rings. The number of rotatable bonds is 5. The van der Waals surface area contributed by atoms with Gasteiger partial charge in [-0.25, -0.2) is 0 Å². The quantitative estimate of drug-likeness (QED) is 0.666. The first-order valence-electron chi connectivity index (χ1n) is 9.89. The van der Waals surface area contributed by atoms with Crippen LogP contribution in [0.1, 0.15) is 22.8 Å². The Balaban J connectivity index is 1.32. The number of carbonyl (C=O) groups excluding carboxylic acids is 3. The van der Waals surface area contributed by atoms with Crippen molar-refractivity contribution in [2.24, 2.45) is 0 Å². The zero-order chi connectivity index (χ0) is 21.1. The third-order valence-corrected chi connectivity index (χ3v) is 5.21. The summed E-state index contributed by atoms with van der Waals surface area (Å²) in [7, 11) is 0. The Bertz CT molecular complexity index is 1120. The van der Waals surface area contributed by atoms with Gasteiger partial charge in [0.15, 0.2) is 6.10 Å². The van der Waals surface area contributed by atoms with Gasteiger partial charge in [0, 0.05) is 17.8 Å². The fraction of sp³-hybridized carbons (Fsp3) is 0.208. The number of carbonyl (C=O) groups is 3. The van der Waals surface area contributed by atoms with Crippen molar-refractivity contribution in [1.29, 1.82) is 0 Å². The van der Waals surface area contributed by atoms with Crippen molar-refractivity contribution in [3.05, 3.63) is 77.9 Å². The van der Waals surface area contributed by atoms with Gasteiger partial charge in [0.05, 0.1) is 0 Å². The first kappa shape index (κ1) is 19.6. The topological polar surface area (TPSA) is 75.7 Å². The minimum absolute atomic E-state index is 0.269. The third-order valence-electron chi connectivity index (χ3n) is 5.21. The minimum atomic E-state index is -0.929. The molecule has 1 aliphatic heterocycles. The van der Waals surface area contributed by atoms with Gasteiger partial charge >= 0.3 is 5.97 Å². The summed E-state index contributed by atoms with van der Waals surface area (Å²) in [5.41, 5.74) is 2.42. The number of para-hydroxylation sites is 1. The van der Waals surface area contributed by atoms with Crippen molar-refractivity contribution in [1.82, 2.24) is 5.32 Å². The van der Waals surface area contributed by atoms with E-state index in [0.29, 0.717) is 12.1 Å². The Morgan fingerprint density at radius 2 is 1.73 bits per heavy atom. The van der Waals surface area contributed by atoms with Crippen LogP contribution in [0.25, 0.3) is 10.8 Å². The van der Waals surface area contributed by atoms with E-state index in [-0.39, 0.29) is 18.4 Å². The van der Waals surface area contributed by atoms with Crippen LogP contribution >= 0.6 is 0 Å². The molecule has 6 heteroatoms. The maximum absolute atomic E-state index is 12.7. The van der Waals surface area contributed by atoms with E-state index in [0.717, 1.165) is 28.4 Å². The Kier molecular flexibility index (Phi) is 5.48. The molecule has 0 aliphatic carbocycles. The number of anilines is 1. The molecule has 1 atom stereocenters. The molecule has 0 aromatic heterocycles. The number of hydrogen-bond donors (Lipinski definition) is 1. The smallest absolute Gasteiger partial charge is 0.326 e. The van der Waals surface area contributed by atoms with Crippen molar-refractivity contribution in [3.8, 4) is 0 Å². The summed E-state index contributed by atoms with van der Waals surface area (Å²) < 4.78 is 5.25. The van der Waals surface area contributed by atoms with Gasteiger partial charge in [0.25, 0.3) is 11.8 Å². The number of esters is 1. The highest BCUT2D eigenvalue weighted by atomic mass is 16.5. The van der Waals surface area contributed by atoms with Crippen molar-refractivity contribution < 1.29 is 19.1 Å². The molecule has 0 fully saturated rings. The molecule has 4 rings (SSSR count). The van der Waals surface area contributed by atoms with Crippen molar-refractivity contribution in [3.63, 3.8) is 0 Å². The van der Waals surface area contributed by atoms with E-state index in [1.807, 2.05) is 54.6 Å². The van der Waals surface area contributed by atoms with Crippen LogP contribution in [0.5, 0.6) is 0 Å². The van der Waals surface area contributed by atoms with Gasteiger partial charge in [-0.2, -0.15) is 0 Å². The number of ether oxygens (including phenoxy) is 1. The average molecular weight is 402 g/mol. The standard InChI is InChI=1S/C24H22N2O4/c1-16(24(29)26-13-12-18-7-4-5-9-21(18)26)30-22(27)15-25-23(28)20-11-10-17-6-2-3-8-19(17)14-20/h2-11,14,16H,12-13,15H2,1H3,(H,25,28)/t16-/m0/s1. The molecule has 1 heterocycles. The number of fused-ring (bicyclic) bond motifs is 2. The van der Waals surface area contributed by atoms with E-state index in [4.69, 9.17) is 4.74 Å². The van der Waals surface area contributed by atoms with Crippen LogP contribution in [0, 0.1) is 0 Å². The molecule has 152 valence electrons. The maximum atomic E-state index is 12.7. The van der Waals surface area contributed by atoms with Crippen LogP contribution in [0.4, 0.5) is 5.69 Å². The SMILES string of the molecule is C[C@H](OC(=O)CNC(=O)c1ccc2ccccc2c1)C(=O)N1CCc2ccccc21. The van der Waals surface area contributed by atoms with E-state index < -0.39 is 12.1 Å². The van der Waals surface area contributed by atoms with Gasteiger partial charge in [0.2, 0.25) is 0 Å². The second kappa shape index (κ2) is 8.37. The largest absolute Gasteiger partial charge is 0.451 e. The average Bonchev–Trinajstić information content (AvgIpc) is 3.20. The third kappa shape index (κ3) is 4.03. The fourth-order valence-electron chi connectivity index (χ4n) is 3.66. The molecule has 1 aliphatic rings. The van der Waals surface area contributed by atoms with Crippen LogP contribution < -0.4 is 10.2 Å². The number of nitrogens with zero attached hydrogens (tertiary/aromatic N) is 1. The summed E-state index contributed by atoms with van der Waals surface area (Å²) in [6.45, 7) is 1.81. The minimum Gasteiger partial charge on any atom is -0.451 e. The van der Waals surface area contributed by atoms with Gasteiger partial charge in [-0.1, -0.05) is 48.5 Å². The normalized spacial score (nSPS) is 13.6. The van der Waals surface area contributed by atoms with E-state index in [1.54, 1.807) is 24.0 Å². The maximum Gasteiger partial charge on any atom is 0.326 e. The summed E-state index contributed by atoms with van der Waals surface area (Å²) in [6.07, 6.45) is -0.147. The highest BCUT2D eigenvalue weighted by Crippen LogP contribution is 2.28.